The van der Waals surface area contributed by atoms with E-state index < -0.39 is 0 Å². The molecule has 0 saturated carbocycles. The Hall–Kier alpha value is -1.99. The molecular formula is C16H23N5O2. The van der Waals surface area contributed by atoms with Crippen LogP contribution in [0.3, 0.4) is 0 Å². The van der Waals surface area contributed by atoms with Gasteiger partial charge in [-0.15, -0.1) is 0 Å². The summed E-state index contributed by atoms with van der Waals surface area (Å²) < 4.78 is 6.95. The second kappa shape index (κ2) is 7.52. The van der Waals surface area contributed by atoms with E-state index in [0.29, 0.717) is 19.0 Å². The van der Waals surface area contributed by atoms with Crippen LogP contribution < -0.4 is 4.90 Å². The number of pyridine rings is 1. The first-order valence-electron chi connectivity index (χ1n) is 8.01. The first kappa shape index (κ1) is 15.9. The zero-order valence-electron chi connectivity index (χ0n) is 13.4. The molecular weight excluding hydrogens is 294 g/mol. The fourth-order valence-electron chi connectivity index (χ4n) is 3.09. The van der Waals surface area contributed by atoms with E-state index in [2.05, 4.69) is 20.0 Å². The first-order valence-corrected chi connectivity index (χ1v) is 8.01. The lowest BCUT2D eigenvalue weighted by Gasteiger charge is -2.33. The Balaban J connectivity index is 1.80. The lowest BCUT2D eigenvalue weighted by Crippen LogP contribution is -2.36. The predicted octanol–water partition coefficient (Wildman–Crippen LogP) is 1.20. The van der Waals surface area contributed by atoms with E-state index in [1.165, 1.54) is 0 Å². The molecule has 7 heteroatoms. The van der Waals surface area contributed by atoms with Crippen molar-refractivity contribution in [2.45, 2.75) is 31.9 Å². The maximum Gasteiger partial charge on any atom is 0.176 e. The van der Waals surface area contributed by atoms with Gasteiger partial charge in [-0.2, -0.15) is 5.10 Å². The van der Waals surface area contributed by atoms with Crippen molar-refractivity contribution >= 4 is 5.82 Å². The van der Waals surface area contributed by atoms with E-state index >= 15 is 0 Å². The average molecular weight is 317 g/mol. The standard InChI is InChI=1S/C16H23N5O2/c1-23-12-14-18-16(21(19-14)9-10-22)13-5-4-8-20(11-13)15-6-2-3-7-17-15/h2-3,6-7,13,22H,4-5,8-12H2,1H3/t13-/m0/s1. The van der Waals surface area contributed by atoms with Gasteiger partial charge in [0.2, 0.25) is 0 Å². The van der Waals surface area contributed by atoms with Crippen LogP contribution in [0.25, 0.3) is 0 Å². The Morgan fingerprint density at radius 3 is 3.04 bits per heavy atom. The van der Waals surface area contributed by atoms with Crippen LogP contribution in [0.1, 0.15) is 30.4 Å². The molecule has 3 heterocycles. The number of rotatable bonds is 6. The second-order valence-electron chi connectivity index (χ2n) is 5.74. The minimum absolute atomic E-state index is 0.0550. The zero-order chi connectivity index (χ0) is 16.1. The summed E-state index contributed by atoms with van der Waals surface area (Å²) >= 11 is 0. The van der Waals surface area contributed by atoms with E-state index in [0.717, 1.165) is 37.6 Å². The van der Waals surface area contributed by atoms with Crippen molar-refractivity contribution < 1.29 is 9.84 Å². The third-order valence-corrected chi connectivity index (χ3v) is 4.09. The van der Waals surface area contributed by atoms with E-state index in [9.17, 15) is 5.11 Å². The predicted molar refractivity (Wildman–Crippen MR) is 86.2 cm³/mol. The molecule has 2 aromatic heterocycles. The van der Waals surface area contributed by atoms with Gasteiger partial charge in [-0.3, -0.25) is 0 Å². The lowest BCUT2D eigenvalue weighted by molar-refractivity contribution is 0.177. The molecule has 3 rings (SSSR count). The van der Waals surface area contributed by atoms with Crippen LogP contribution >= 0.6 is 0 Å². The number of aromatic nitrogens is 4. The van der Waals surface area contributed by atoms with Crippen molar-refractivity contribution in [3.05, 3.63) is 36.0 Å². The fourth-order valence-corrected chi connectivity index (χ4v) is 3.09. The van der Waals surface area contributed by atoms with Crippen LogP contribution in [0, 0.1) is 0 Å². The number of ether oxygens (including phenoxy) is 1. The molecule has 1 saturated heterocycles. The number of nitrogens with zero attached hydrogens (tertiary/aromatic N) is 5. The van der Waals surface area contributed by atoms with Gasteiger partial charge in [0.1, 0.15) is 18.2 Å². The Bertz CT molecular complexity index is 616. The van der Waals surface area contributed by atoms with E-state index in [4.69, 9.17) is 4.74 Å². The molecule has 0 amide bonds. The second-order valence-corrected chi connectivity index (χ2v) is 5.74. The first-order chi connectivity index (χ1) is 11.3. The molecule has 1 aliphatic rings. The maximum absolute atomic E-state index is 9.27. The SMILES string of the molecule is COCc1nc([C@H]2CCCN(c3ccccn3)C2)n(CCO)n1. The minimum Gasteiger partial charge on any atom is -0.394 e. The largest absolute Gasteiger partial charge is 0.394 e. The van der Waals surface area contributed by atoms with Crippen molar-refractivity contribution in [3.63, 3.8) is 0 Å². The van der Waals surface area contributed by atoms with Crippen LogP contribution in [0.5, 0.6) is 0 Å². The summed E-state index contributed by atoms with van der Waals surface area (Å²) in [4.78, 5) is 11.4. The molecule has 0 aromatic carbocycles. The van der Waals surface area contributed by atoms with E-state index in [-0.39, 0.29) is 12.5 Å². The van der Waals surface area contributed by atoms with Crippen LogP contribution in [0.15, 0.2) is 24.4 Å². The van der Waals surface area contributed by atoms with E-state index in [1.54, 1.807) is 7.11 Å². The van der Waals surface area contributed by atoms with Gasteiger partial charge >= 0.3 is 0 Å². The van der Waals surface area contributed by atoms with E-state index in [1.807, 2.05) is 29.1 Å². The molecule has 0 radical (unpaired) electrons. The summed E-state index contributed by atoms with van der Waals surface area (Å²) in [6.45, 7) is 2.79. The van der Waals surface area contributed by atoms with Gasteiger partial charge in [-0.1, -0.05) is 6.07 Å². The van der Waals surface area contributed by atoms with Gasteiger partial charge in [0, 0.05) is 32.3 Å². The maximum atomic E-state index is 9.27. The topological polar surface area (TPSA) is 76.3 Å². The molecule has 1 fully saturated rings. The summed E-state index contributed by atoms with van der Waals surface area (Å²) in [5, 5.41) is 13.7. The number of hydrogen-bond acceptors (Lipinski definition) is 6. The van der Waals surface area contributed by atoms with Crippen molar-refractivity contribution in [2.24, 2.45) is 0 Å². The smallest absolute Gasteiger partial charge is 0.176 e. The highest BCUT2D eigenvalue weighted by Gasteiger charge is 2.26. The van der Waals surface area contributed by atoms with Gasteiger partial charge in [0.05, 0.1) is 13.2 Å². The van der Waals surface area contributed by atoms with Gasteiger partial charge in [-0.25, -0.2) is 14.6 Å². The Morgan fingerprint density at radius 1 is 1.39 bits per heavy atom. The van der Waals surface area contributed by atoms with Crippen molar-refractivity contribution in [2.75, 3.05) is 31.7 Å². The fraction of sp³-hybridized carbons (Fsp3) is 0.562. The Kier molecular flexibility index (Phi) is 5.19. The highest BCUT2D eigenvalue weighted by molar-refractivity contribution is 5.39. The highest BCUT2D eigenvalue weighted by Crippen LogP contribution is 2.28. The summed E-state index contributed by atoms with van der Waals surface area (Å²) in [5.41, 5.74) is 0. The quantitative estimate of drug-likeness (QED) is 0.862. The molecule has 2 aromatic rings. The van der Waals surface area contributed by atoms with Crippen LogP contribution in [0.4, 0.5) is 5.82 Å². The van der Waals surface area contributed by atoms with Crippen molar-refractivity contribution in [1.82, 2.24) is 19.7 Å². The van der Waals surface area contributed by atoms with Crippen LogP contribution in [-0.4, -0.2) is 51.7 Å². The van der Waals surface area contributed by atoms with Gasteiger partial charge < -0.3 is 14.7 Å². The molecule has 7 nitrogen and oxygen atoms in total. The number of piperidine rings is 1. The molecule has 23 heavy (non-hydrogen) atoms. The monoisotopic (exact) mass is 317 g/mol. The highest BCUT2D eigenvalue weighted by atomic mass is 16.5. The molecule has 1 aliphatic heterocycles. The van der Waals surface area contributed by atoms with Crippen molar-refractivity contribution in [1.29, 1.82) is 0 Å². The number of hydrogen-bond donors (Lipinski definition) is 1. The number of anilines is 1. The molecule has 0 unspecified atom stereocenters. The summed E-state index contributed by atoms with van der Waals surface area (Å²) in [5.74, 6) is 2.90. The number of aliphatic hydroxyl groups is 1. The van der Waals surface area contributed by atoms with Gasteiger partial charge in [0.25, 0.3) is 0 Å². The van der Waals surface area contributed by atoms with Crippen LogP contribution in [0.2, 0.25) is 0 Å². The summed E-state index contributed by atoms with van der Waals surface area (Å²) in [6.07, 6.45) is 3.98. The van der Waals surface area contributed by atoms with Crippen molar-refractivity contribution in [3.8, 4) is 0 Å². The average Bonchev–Trinajstić information content (AvgIpc) is 2.99. The normalized spacial score (nSPS) is 18.3. The summed E-state index contributed by atoms with van der Waals surface area (Å²) in [6, 6.07) is 5.98. The Labute approximate surface area is 135 Å². The molecule has 1 atom stereocenters. The molecule has 0 aliphatic carbocycles. The molecule has 0 bridgehead atoms. The van der Waals surface area contributed by atoms with Gasteiger partial charge in [0.15, 0.2) is 5.82 Å². The third kappa shape index (κ3) is 3.68. The molecule has 124 valence electrons. The molecule has 1 N–H and O–H groups in total. The minimum atomic E-state index is 0.0550. The lowest BCUT2D eigenvalue weighted by atomic mass is 9.97. The Morgan fingerprint density at radius 2 is 2.30 bits per heavy atom. The zero-order valence-corrected chi connectivity index (χ0v) is 13.4. The molecule has 0 spiro atoms. The van der Waals surface area contributed by atoms with Crippen LogP contribution in [-0.2, 0) is 17.9 Å². The van der Waals surface area contributed by atoms with Gasteiger partial charge in [-0.05, 0) is 25.0 Å². The number of methoxy groups -OCH3 is 1. The number of aliphatic hydroxyl groups excluding tert-OH is 1. The third-order valence-electron chi connectivity index (χ3n) is 4.09. The summed E-state index contributed by atoms with van der Waals surface area (Å²) in [7, 11) is 1.63.